The second-order valence-corrected chi connectivity index (χ2v) is 6.51. The predicted molar refractivity (Wildman–Crippen MR) is 112 cm³/mol. The molecule has 1 amide bonds. The number of rotatable bonds is 6. The molecule has 3 rings (SSSR count). The molecule has 0 saturated heterocycles. The van der Waals surface area contributed by atoms with Crippen molar-refractivity contribution in [1.82, 2.24) is 0 Å². The minimum absolute atomic E-state index is 0.0867. The maximum atomic E-state index is 12.1. The summed E-state index contributed by atoms with van der Waals surface area (Å²) in [6.07, 6.45) is 0. The molecule has 0 bridgehead atoms. The van der Waals surface area contributed by atoms with Crippen LogP contribution in [-0.4, -0.2) is 23.5 Å². The van der Waals surface area contributed by atoms with Gasteiger partial charge in [-0.2, -0.15) is 0 Å². The summed E-state index contributed by atoms with van der Waals surface area (Å²) in [5.74, 6) is -0.580. The lowest BCUT2D eigenvalue weighted by molar-refractivity contribution is -0.118. The summed E-state index contributed by atoms with van der Waals surface area (Å²) in [6.45, 7) is -0.295. The van der Waals surface area contributed by atoms with Crippen LogP contribution in [0.15, 0.2) is 71.6 Å². The predicted octanol–water partition coefficient (Wildman–Crippen LogP) is 3.65. The number of nitrogen functional groups attached to an aromatic ring is 1. The SMILES string of the molecule is N=C(N)c1ccc(O)c(OCC(=O)Nc2ccc(-c3ccccc3S)cc2)c1. The van der Waals surface area contributed by atoms with E-state index >= 15 is 0 Å². The van der Waals surface area contributed by atoms with Crippen LogP contribution in [0.5, 0.6) is 11.5 Å². The summed E-state index contributed by atoms with van der Waals surface area (Å²) >= 11 is 4.45. The van der Waals surface area contributed by atoms with Gasteiger partial charge in [0.15, 0.2) is 18.1 Å². The van der Waals surface area contributed by atoms with Crippen molar-refractivity contribution in [2.24, 2.45) is 5.73 Å². The van der Waals surface area contributed by atoms with Gasteiger partial charge in [0.2, 0.25) is 0 Å². The van der Waals surface area contributed by atoms with Crippen LogP contribution in [0.3, 0.4) is 0 Å². The van der Waals surface area contributed by atoms with Gasteiger partial charge in [-0.3, -0.25) is 10.2 Å². The van der Waals surface area contributed by atoms with Crippen LogP contribution < -0.4 is 15.8 Å². The van der Waals surface area contributed by atoms with E-state index in [0.717, 1.165) is 16.0 Å². The molecule has 6 nitrogen and oxygen atoms in total. The number of phenolic OH excluding ortho intramolecular Hbond substituents is 1. The fourth-order valence-electron chi connectivity index (χ4n) is 2.59. The molecule has 0 aliphatic carbocycles. The molecule has 0 spiro atoms. The van der Waals surface area contributed by atoms with Gasteiger partial charge in [-0.05, 0) is 47.5 Å². The van der Waals surface area contributed by atoms with Gasteiger partial charge in [-0.25, -0.2) is 0 Å². The Kier molecular flexibility index (Phi) is 5.86. The first kappa shape index (κ1) is 19.3. The molecule has 0 aromatic heterocycles. The number of amides is 1. The third-order valence-electron chi connectivity index (χ3n) is 4.01. The number of thiol groups is 1. The zero-order valence-corrected chi connectivity index (χ0v) is 15.7. The Morgan fingerprint density at radius 3 is 2.50 bits per heavy atom. The molecular formula is C21H19N3O3S. The van der Waals surface area contributed by atoms with E-state index in [9.17, 15) is 9.90 Å². The van der Waals surface area contributed by atoms with Crippen molar-refractivity contribution < 1.29 is 14.6 Å². The third-order valence-corrected chi connectivity index (χ3v) is 4.40. The van der Waals surface area contributed by atoms with Crippen LogP contribution in [0.1, 0.15) is 5.56 Å². The standard InChI is InChI=1S/C21H19N3O3S/c22-21(23)14-7-10-17(25)18(11-14)27-12-20(26)24-15-8-5-13(6-9-15)16-3-1-2-4-19(16)28/h1-11,25,28H,12H2,(H3,22,23)(H,24,26). The minimum atomic E-state index is -0.380. The van der Waals surface area contributed by atoms with Crippen LogP contribution in [0, 0.1) is 5.41 Å². The zero-order valence-electron chi connectivity index (χ0n) is 14.8. The average molecular weight is 393 g/mol. The average Bonchev–Trinajstić information content (AvgIpc) is 2.68. The van der Waals surface area contributed by atoms with Crippen molar-refractivity contribution in [3.05, 3.63) is 72.3 Å². The lowest BCUT2D eigenvalue weighted by Gasteiger charge is -2.11. The summed E-state index contributed by atoms with van der Waals surface area (Å²) in [5, 5.41) is 20.0. The van der Waals surface area contributed by atoms with Crippen LogP contribution in [0.25, 0.3) is 11.1 Å². The van der Waals surface area contributed by atoms with Crippen LogP contribution in [0.2, 0.25) is 0 Å². The fraction of sp³-hybridized carbons (Fsp3) is 0.0476. The maximum Gasteiger partial charge on any atom is 0.262 e. The van der Waals surface area contributed by atoms with Crippen molar-refractivity contribution in [3.63, 3.8) is 0 Å². The van der Waals surface area contributed by atoms with Crippen LogP contribution in [-0.2, 0) is 4.79 Å². The molecule has 5 N–H and O–H groups in total. The molecule has 0 aliphatic rings. The number of carbonyl (C=O) groups is 1. The lowest BCUT2D eigenvalue weighted by atomic mass is 10.1. The van der Waals surface area contributed by atoms with Crippen molar-refractivity contribution in [1.29, 1.82) is 5.41 Å². The van der Waals surface area contributed by atoms with E-state index in [1.165, 1.54) is 18.2 Å². The van der Waals surface area contributed by atoms with Gasteiger partial charge in [0.1, 0.15) is 5.84 Å². The Balaban J connectivity index is 1.62. The molecule has 0 atom stereocenters. The quantitative estimate of drug-likeness (QED) is 0.250. The maximum absolute atomic E-state index is 12.1. The first-order chi connectivity index (χ1) is 13.4. The van der Waals surface area contributed by atoms with E-state index in [4.69, 9.17) is 15.9 Å². The number of nitrogens with one attached hydrogen (secondary N) is 2. The number of anilines is 1. The number of phenols is 1. The molecule has 3 aromatic rings. The van der Waals surface area contributed by atoms with Crippen molar-refractivity contribution >= 4 is 30.1 Å². The Morgan fingerprint density at radius 1 is 1.11 bits per heavy atom. The summed E-state index contributed by atoms with van der Waals surface area (Å²) in [5.41, 5.74) is 8.43. The van der Waals surface area contributed by atoms with Gasteiger partial charge in [0.05, 0.1) is 0 Å². The second kappa shape index (κ2) is 8.49. The Hall–Kier alpha value is -3.45. The smallest absolute Gasteiger partial charge is 0.262 e. The van der Waals surface area contributed by atoms with E-state index in [-0.39, 0.29) is 29.8 Å². The molecule has 0 aliphatic heterocycles. The minimum Gasteiger partial charge on any atom is -0.504 e. The highest BCUT2D eigenvalue weighted by Crippen LogP contribution is 2.28. The molecule has 7 heteroatoms. The normalized spacial score (nSPS) is 10.3. The van der Waals surface area contributed by atoms with Crippen molar-refractivity contribution in [3.8, 4) is 22.6 Å². The van der Waals surface area contributed by atoms with Gasteiger partial charge in [-0.15, -0.1) is 12.6 Å². The molecule has 0 saturated carbocycles. The number of hydrogen-bond donors (Lipinski definition) is 5. The van der Waals surface area contributed by atoms with E-state index in [1.807, 2.05) is 36.4 Å². The molecule has 0 heterocycles. The lowest BCUT2D eigenvalue weighted by Crippen LogP contribution is -2.20. The summed E-state index contributed by atoms with van der Waals surface area (Å²) < 4.78 is 5.35. The molecule has 0 fully saturated rings. The fourth-order valence-corrected chi connectivity index (χ4v) is 2.88. The number of nitrogens with two attached hydrogens (primary N) is 1. The van der Waals surface area contributed by atoms with Crippen molar-refractivity contribution in [2.75, 3.05) is 11.9 Å². The van der Waals surface area contributed by atoms with E-state index in [2.05, 4.69) is 17.9 Å². The number of hydrogen-bond acceptors (Lipinski definition) is 5. The highest BCUT2D eigenvalue weighted by Gasteiger charge is 2.09. The highest BCUT2D eigenvalue weighted by molar-refractivity contribution is 7.80. The molecule has 3 aromatic carbocycles. The summed E-state index contributed by atoms with van der Waals surface area (Å²) in [4.78, 5) is 13.0. The van der Waals surface area contributed by atoms with Gasteiger partial charge < -0.3 is 20.9 Å². The number of carbonyl (C=O) groups excluding carboxylic acids is 1. The monoisotopic (exact) mass is 393 g/mol. The van der Waals surface area contributed by atoms with Gasteiger partial charge >= 0.3 is 0 Å². The van der Waals surface area contributed by atoms with Crippen LogP contribution in [0.4, 0.5) is 5.69 Å². The van der Waals surface area contributed by atoms with Crippen LogP contribution >= 0.6 is 12.6 Å². The van der Waals surface area contributed by atoms with E-state index < -0.39 is 0 Å². The number of aromatic hydroxyl groups is 1. The van der Waals surface area contributed by atoms with Gasteiger partial charge in [0, 0.05) is 16.1 Å². The largest absolute Gasteiger partial charge is 0.504 e. The molecule has 0 radical (unpaired) electrons. The Morgan fingerprint density at radius 2 is 1.82 bits per heavy atom. The summed E-state index contributed by atoms with van der Waals surface area (Å²) in [7, 11) is 0. The number of benzene rings is 3. The number of amidine groups is 1. The first-order valence-corrected chi connectivity index (χ1v) is 8.87. The zero-order chi connectivity index (χ0) is 20.1. The van der Waals surface area contributed by atoms with E-state index in [0.29, 0.717) is 11.3 Å². The van der Waals surface area contributed by atoms with Gasteiger partial charge in [-0.1, -0.05) is 30.3 Å². The third kappa shape index (κ3) is 4.63. The van der Waals surface area contributed by atoms with Gasteiger partial charge in [0.25, 0.3) is 5.91 Å². The number of ether oxygens (including phenoxy) is 1. The second-order valence-electron chi connectivity index (χ2n) is 6.03. The topological polar surface area (TPSA) is 108 Å². The highest BCUT2D eigenvalue weighted by atomic mass is 32.1. The Bertz CT molecular complexity index is 1020. The molecule has 28 heavy (non-hydrogen) atoms. The summed E-state index contributed by atoms with van der Waals surface area (Å²) in [6, 6.07) is 19.4. The first-order valence-electron chi connectivity index (χ1n) is 8.42. The molecule has 142 valence electrons. The van der Waals surface area contributed by atoms with E-state index in [1.54, 1.807) is 12.1 Å². The van der Waals surface area contributed by atoms with Crippen molar-refractivity contribution in [2.45, 2.75) is 4.90 Å². The molecular weight excluding hydrogens is 374 g/mol. The Labute approximate surface area is 167 Å². The molecule has 0 unspecified atom stereocenters.